The molecule has 0 unspecified atom stereocenters. The van der Waals surface area contributed by atoms with E-state index >= 15 is 0 Å². The smallest absolute Gasteiger partial charge is 0.317 e. The lowest BCUT2D eigenvalue weighted by molar-refractivity contribution is -0.154. The third-order valence-electron chi connectivity index (χ3n) is 11.4. The molecule has 0 aliphatic heterocycles. The molecule has 8 heteroatoms. The summed E-state index contributed by atoms with van der Waals surface area (Å²) in [5.41, 5.74) is 6.79. The molecule has 4 rings (SSSR count). The predicted molar refractivity (Wildman–Crippen MR) is 269 cm³/mol. The fourth-order valence-electron chi connectivity index (χ4n) is 7.36. The lowest BCUT2D eigenvalue weighted by atomic mass is 10.1. The SMILES string of the molecule is CCCCc1ccc(N=Cc2ccc(OCCCCCCCCCCOC(=O)CC(=O)OCCCCCCCCCCOc3ccc(C=Nc4ccc(CCCC)cc4)cc3)cc2)cc1. The van der Waals surface area contributed by atoms with E-state index in [1.165, 1.54) is 75.3 Å². The summed E-state index contributed by atoms with van der Waals surface area (Å²) in [6.07, 6.45) is 28.0. The number of carbonyl (C=O) groups is 2. The summed E-state index contributed by atoms with van der Waals surface area (Å²) in [6.45, 7) is 6.60. The van der Waals surface area contributed by atoms with Crippen LogP contribution in [-0.4, -0.2) is 50.8 Å². The van der Waals surface area contributed by atoms with Gasteiger partial charge in [0.05, 0.1) is 37.8 Å². The summed E-state index contributed by atoms with van der Waals surface area (Å²) >= 11 is 0. The maximum atomic E-state index is 12.1. The monoisotopic (exact) mass is 887 g/mol. The molecule has 0 bridgehead atoms. The van der Waals surface area contributed by atoms with Crippen LogP contribution in [0.3, 0.4) is 0 Å². The molecule has 4 aromatic rings. The number of aliphatic imine (C=N–C) groups is 2. The summed E-state index contributed by atoms with van der Waals surface area (Å²) in [6, 6.07) is 33.2. The number of benzene rings is 4. The van der Waals surface area contributed by atoms with Crippen molar-refractivity contribution in [2.45, 2.75) is 162 Å². The van der Waals surface area contributed by atoms with E-state index in [2.05, 4.69) is 72.4 Å². The number of hydrogen-bond donors (Lipinski definition) is 0. The van der Waals surface area contributed by atoms with Gasteiger partial charge in [-0.1, -0.05) is 128 Å². The molecule has 0 spiro atoms. The molecule has 0 radical (unpaired) electrons. The summed E-state index contributed by atoms with van der Waals surface area (Å²) in [4.78, 5) is 33.3. The van der Waals surface area contributed by atoms with Gasteiger partial charge in [0.2, 0.25) is 0 Å². The highest BCUT2D eigenvalue weighted by molar-refractivity contribution is 5.91. The van der Waals surface area contributed by atoms with Crippen molar-refractivity contribution >= 4 is 35.7 Å². The topological polar surface area (TPSA) is 95.8 Å². The van der Waals surface area contributed by atoms with Gasteiger partial charge in [-0.2, -0.15) is 0 Å². The van der Waals surface area contributed by atoms with Crippen LogP contribution in [0, 0.1) is 0 Å². The van der Waals surface area contributed by atoms with Gasteiger partial charge in [0, 0.05) is 12.4 Å². The van der Waals surface area contributed by atoms with Crippen molar-refractivity contribution < 1.29 is 28.5 Å². The fraction of sp³-hybridized carbons (Fsp3) is 0.509. The Morgan fingerprint density at radius 1 is 0.400 bits per heavy atom. The second-order valence-corrected chi connectivity index (χ2v) is 17.2. The van der Waals surface area contributed by atoms with E-state index in [1.54, 1.807) is 0 Å². The zero-order chi connectivity index (χ0) is 45.8. The number of nitrogens with zero attached hydrogens (tertiary/aromatic N) is 2. The van der Waals surface area contributed by atoms with Crippen molar-refractivity contribution in [2.75, 3.05) is 26.4 Å². The Kier molecular flexibility index (Phi) is 27.5. The third kappa shape index (κ3) is 25.1. The van der Waals surface area contributed by atoms with Crippen LogP contribution in [0.15, 0.2) is 107 Å². The van der Waals surface area contributed by atoms with Crippen molar-refractivity contribution in [1.29, 1.82) is 0 Å². The molecule has 65 heavy (non-hydrogen) atoms. The van der Waals surface area contributed by atoms with Crippen molar-refractivity contribution in [3.63, 3.8) is 0 Å². The first-order valence-electron chi connectivity index (χ1n) is 25.0. The minimum Gasteiger partial charge on any atom is -0.494 e. The van der Waals surface area contributed by atoms with Crippen molar-refractivity contribution in [3.8, 4) is 11.5 Å². The highest BCUT2D eigenvalue weighted by Gasteiger charge is 2.12. The van der Waals surface area contributed by atoms with Crippen molar-refractivity contribution in [2.24, 2.45) is 9.98 Å². The number of unbranched alkanes of at least 4 members (excludes halogenated alkanes) is 16. The van der Waals surface area contributed by atoms with Crippen LogP contribution in [0.1, 0.15) is 171 Å². The third-order valence-corrected chi connectivity index (χ3v) is 11.4. The van der Waals surface area contributed by atoms with E-state index in [0.717, 1.165) is 124 Å². The van der Waals surface area contributed by atoms with E-state index in [-0.39, 0.29) is 6.42 Å². The molecule has 0 aliphatic carbocycles. The molecule has 0 saturated carbocycles. The molecule has 4 aromatic carbocycles. The van der Waals surface area contributed by atoms with Crippen LogP contribution in [0.25, 0.3) is 0 Å². The van der Waals surface area contributed by atoms with Gasteiger partial charge in [0.1, 0.15) is 17.9 Å². The maximum absolute atomic E-state index is 12.1. The molecule has 0 atom stereocenters. The molecular formula is C57H78N2O6. The molecule has 0 N–H and O–H groups in total. The summed E-state index contributed by atoms with van der Waals surface area (Å²) < 4.78 is 22.4. The Balaban J connectivity index is 0.858. The van der Waals surface area contributed by atoms with Crippen molar-refractivity contribution in [1.82, 2.24) is 0 Å². The highest BCUT2D eigenvalue weighted by atomic mass is 16.6. The van der Waals surface area contributed by atoms with Gasteiger partial charge < -0.3 is 18.9 Å². The summed E-state index contributed by atoms with van der Waals surface area (Å²) in [5, 5.41) is 0. The second kappa shape index (κ2) is 34.2. The Labute approximate surface area is 391 Å². The average Bonchev–Trinajstić information content (AvgIpc) is 3.33. The second-order valence-electron chi connectivity index (χ2n) is 17.2. The number of rotatable bonds is 36. The van der Waals surface area contributed by atoms with Crippen LogP contribution in [0.5, 0.6) is 11.5 Å². The Bertz CT molecular complexity index is 1750. The van der Waals surface area contributed by atoms with E-state index in [1.807, 2.05) is 61.0 Å². The molecular weight excluding hydrogens is 809 g/mol. The normalized spacial score (nSPS) is 11.4. The number of esters is 2. The summed E-state index contributed by atoms with van der Waals surface area (Å²) in [7, 11) is 0. The minimum atomic E-state index is -0.496. The zero-order valence-corrected chi connectivity index (χ0v) is 39.8. The molecule has 0 fully saturated rings. The summed E-state index contributed by atoms with van der Waals surface area (Å²) in [5.74, 6) is 0.792. The lowest BCUT2D eigenvalue weighted by Crippen LogP contribution is -2.15. The van der Waals surface area contributed by atoms with Gasteiger partial charge in [-0.15, -0.1) is 0 Å². The van der Waals surface area contributed by atoms with Crippen LogP contribution in [-0.2, 0) is 31.9 Å². The van der Waals surface area contributed by atoms with Gasteiger partial charge in [-0.3, -0.25) is 19.6 Å². The highest BCUT2D eigenvalue weighted by Crippen LogP contribution is 2.19. The molecule has 352 valence electrons. The Morgan fingerprint density at radius 3 is 1.06 bits per heavy atom. The number of carbonyl (C=O) groups excluding carboxylic acids is 2. The first kappa shape index (κ1) is 52.4. The van der Waals surface area contributed by atoms with Gasteiger partial charge in [0.25, 0.3) is 0 Å². The first-order chi connectivity index (χ1) is 32.0. The number of hydrogen-bond acceptors (Lipinski definition) is 8. The standard InChI is InChI=1S/C57H78N2O6/c1-3-5-23-48-25-33-52(34-26-48)58-46-50-29-37-54(38-30-50)62-41-19-15-11-7-9-13-17-21-43-64-56(60)45-57(61)65-44-22-18-14-10-8-12-16-20-42-63-55-39-31-51(32-40-55)47-59-53-35-27-49(28-36-53)24-6-4-2/h25-40,46-47H,3-24,41-45H2,1-2H3. The van der Waals surface area contributed by atoms with Gasteiger partial charge in [0.15, 0.2) is 0 Å². The maximum Gasteiger partial charge on any atom is 0.317 e. The zero-order valence-electron chi connectivity index (χ0n) is 39.8. The quantitative estimate of drug-likeness (QED) is 0.0195. The largest absolute Gasteiger partial charge is 0.494 e. The van der Waals surface area contributed by atoms with Crippen LogP contribution in [0.4, 0.5) is 11.4 Å². The van der Waals surface area contributed by atoms with Crippen LogP contribution >= 0.6 is 0 Å². The van der Waals surface area contributed by atoms with Gasteiger partial charge in [-0.05, 0) is 146 Å². The first-order valence-corrected chi connectivity index (χ1v) is 25.0. The van der Waals surface area contributed by atoms with E-state index in [0.29, 0.717) is 13.2 Å². The van der Waals surface area contributed by atoms with Crippen molar-refractivity contribution in [3.05, 3.63) is 119 Å². The number of aryl methyl sites for hydroxylation is 2. The van der Waals surface area contributed by atoms with Crippen LogP contribution < -0.4 is 9.47 Å². The molecule has 0 amide bonds. The molecule has 0 saturated heterocycles. The Morgan fingerprint density at radius 2 is 0.723 bits per heavy atom. The number of ether oxygens (including phenoxy) is 4. The van der Waals surface area contributed by atoms with E-state index < -0.39 is 11.9 Å². The molecule has 0 aromatic heterocycles. The average molecular weight is 887 g/mol. The minimum absolute atomic E-state index is 0.308. The Hall–Kier alpha value is -5.24. The lowest BCUT2D eigenvalue weighted by Gasteiger charge is -2.07. The fourth-order valence-corrected chi connectivity index (χ4v) is 7.36. The predicted octanol–water partition coefficient (Wildman–Crippen LogP) is 15.0. The van der Waals surface area contributed by atoms with Gasteiger partial charge >= 0.3 is 11.9 Å². The van der Waals surface area contributed by atoms with E-state index in [4.69, 9.17) is 18.9 Å². The molecule has 8 nitrogen and oxygen atoms in total. The van der Waals surface area contributed by atoms with Gasteiger partial charge in [-0.25, -0.2) is 0 Å². The molecule has 0 heterocycles. The van der Waals surface area contributed by atoms with Crippen LogP contribution in [0.2, 0.25) is 0 Å². The van der Waals surface area contributed by atoms with E-state index in [9.17, 15) is 9.59 Å². The molecule has 0 aliphatic rings.